The summed E-state index contributed by atoms with van der Waals surface area (Å²) in [6.07, 6.45) is -0.929. The number of fused-ring (bicyclic) bond motifs is 5. The summed E-state index contributed by atoms with van der Waals surface area (Å²) >= 11 is 17.0. The molecule has 1 aromatic carbocycles. The van der Waals surface area contributed by atoms with Crippen molar-refractivity contribution in [1.29, 1.82) is 0 Å². The Balaban J connectivity index is 0.000000164. The van der Waals surface area contributed by atoms with Gasteiger partial charge in [0.05, 0.1) is 11.1 Å². The van der Waals surface area contributed by atoms with Crippen LogP contribution in [-0.4, -0.2) is 30.7 Å². The molecular formula is C24H23Cl3F4N6O2. The van der Waals surface area contributed by atoms with E-state index in [0.29, 0.717) is 16.3 Å². The Bertz CT molecular complexity index is 1360. The number of allylic oxidation sites excluding steroid dienone is 1. The number of hydrogen-bond acceptors (Lipinski definition) is 5. The van der Waals surface area contributed by atoms with Gasteiger partial charge in [0.1, 0.15) is 15.9 Å². The van der Waals surface area contributed by atoms with Crippen LogP contribution >= 0.6 is 34.8 Å². The number of nitrogens with two attached hydrogens (primary N) is 2. The maximum atomic E-state index is 12.1. The van der Waals surface area contributed by atoms with E-state index in [0.717, 1.165) is 34.1 Å². The first kappa shape index (κ1) is 30.5. The fraction of sp³-hybridized carbons (Fsp3) is 0.333. The van der Waals surface area contributed by atoms with Crippen LogP contribution in [0.2, 0.25) is 0 Å². The van der Waals surface area contributed by atoms with Gasteiger partial charge in [-0.15, -0.1) is 0 Å². The van der Waals surface area contributed by atoms with Crippen molar-refractivity contribution in [2.75, 3.05) is 5.73 Å². The molecule has 0 radical (unpaired) electrons. The number of alkyl halides is 4. The van der Waals surface area contributed by atoms with Crippen LogP contribution in [0.4, 0.5) is 23.2 Å². The van der Waals surface area contributed by atoms with Crippen LogP contribution in [0.1, 0.15) is 80.8 Å². The number of anilines is 1. The van der Waals surface area contributed by atoms with Crippen molar-refractivity contribution in [3.05, 3.63) is 74.3 Å². The fourth-order valence-electron chi connectivity index (χ4n) is 4.76. The fourth-order valence-corrected chi connectivity index (χ4v) is 5.43. The van der Waals surface area contributed by atoms with Crippen LogP contribution in [0.3, 0.4) is 0 Å². The first-order valence-corrected chi connectivity index (χ1v) is 12.4. The summed E-state index contributed by atoms with van der Waals surface area (Å²) < 4.78 is 51.2. The molecule has 2 heterocycles. The second kappa shape index (κ2) is 12.4. The third kappa shape index (κ3) is 6.56. The zero-order valence-corrected chi connectivity index (χ0v) is 22.8. The summed E-state index contributed by atoms with van der Waals surface area (Å²) in [4.78, 5) is 21.1. The van der Waals surface area contributed by atoms with Crippen LogP contribution in [0.15, 0.2) is 40.7 Å². The molecule has 5 rings (SSSR count). The number of nitrogen functional groups attached to an aromatic ring is 1. The average Bonchev–Trinajstić information content (AvgIpc) is 3.61. The number of benzene rings is 1. The molecule has 2 bridgehead atoms. The highest BCUT2D eigenvalue weighted by Gasteiger charge is 2.43. The monoisotopic (exact) mass is 608 g/mol. The zero-order chi connectivity index (χ0) is 29.2. The van der Waals surface area contributed by atoms with Gasteiger partial charge in [0, 0.05) is 44.0 Å². The largest absolute Gasteiger partial charge is 0.398 e. The van der Waals surface area contributed by atoms with Crippen LogP contribution < -0.4 is 11.5 Å². The van der Waals surface area contributed by atoms with Gasteiger partial charge in [-0.3, -0.25) is 19.0 Å². The second-order valence-electron chi connectivity index (χ2n) is 8.69. The van der Waals surface area contributed by atoms with E-state index < -0.39 is 35.4 Å². The molecule has 2 aliphatic rings. The Morgan fingerprint density at radius 2 is 1.44 bits per heavy atom. The van der Waals surface area contributed by atoms with Crippen LogP contribution in [-0.2, 0) is 14.1 Å². The lowest BCUT2D eigenvalue weighted by Gasteiger charge is -2.15. The lowest BCUT2D eigenvalue weighted by molar-refractivity contribution is 0.0984. The smallest absolute Gasteiger partial charge is 0.282 e. The normalized spacial score (nSPS) is 16.9. The van der Waals surface area contributed by atoms with Gasteiger partial charge < -0.3 is 11.5 Å². The molecule has 1 fully saturated rings. The van der Waals surface area contributed by atoms with E-state index in [4.69, 9.17) is 46.3 Å². The zero-order valence-electron chi connectivity index (χ0n) is 20.5. The van der Waals surface area contributed by atoms with Crippen LogP contribution in [0.5, 0.6) is 0 Å². The van der Waals surface area contributed by atoms with Gasteiger partial charge in [0.25, 0.3) is 24.0 Å². The number of primary amides is 1. The first-order chi connectivity index (χ1) is 18.2. The quantitative estimate of drug-likeness (QED) is 0.210. The Labute approximate surface area is 235 Å². The lowest BCUT2D eigenvalue weighted by atomic mass is 9.91. The molecule has 0 aliphatic heterocycles. The molecule has 2 unspecified atom stereocenters. The van der Waals surface area contributed by atoms with Crippen LogP contribution in [0.25, 0.3) is 0 Å². The van der Waals surface area contributed by atoms with Gasteiger partial charge in [0.2, 0.25) is 0 Å². The number of aromatic nitrogens is 4. The predicted molar refractivity (Wildman–Crippen MR) is 139 cm³/mol. The molecule has 2 aliphatic carbocycles. The van der Waals surface area contributed by atoms with Crippen molar-refractivity contribution in [2.24, 2.45) is 19.8 Å². The molecule has 1 saturated carbocycles. The van der Waals surface area contributed by atoms with Crippen LogP contribution in [0, 0.1) is 0 Å². The van der Waals surface area contributed by atoms with Crippen molar-refractivity contribution in [1.82, 2.24) is 19.6 Å². The predicted octanol–water partition coefficient (Wildman–Crippen LogP) is 6.13. The molecule has 2 atom stereocenters. The molecule has 1 amide bonds. The molecule has 2 aromatic heterocycles. The molecule has 39 heavy (non-hydrogen) atoms. The van der Waals surface area contributed by atoms with Gasteiger partial charge in [0.15, 0.2) is 0 Å². The second-order valence-corrected chi connectivity index (χ2v) is 9.98. The highest BCUT2D eigenvalue weighted by Crippen LogP contribution is 2.60. The summed E-state index contributed by atoms with van der Waals surface area (Å²) in [6.45, 7) is 0. The summed E-state index contributed by atoms with van der Waals surface area (Å²) in [5.74, 6) is -0.104. The van der Waals surface area contributed by atoms with E-state index in [1.165, 1.54) is 37.0 Å². The van der Waals surface area contributed by atoms with Gasteiger partial charge in [-0.1, -0.05) is 35.3 Å². The Morgan fingerprint density at radius 1 is 0.923 bits per heavy atom. The maximum absolute atomic E-state index is 12.1. The number of carbonyl (C=O) groups is 2. The molecule has 0 saturated heterocycles. The van der Waals surface area contributed by atoms with Gasteiger partial charge in [-0.25, -0.2) is 17.6 Å². The van der Waals surface area contributed by atoms with Crippen molar-refractivity contribution in [3.63, 3.8) is 0 Å². The minimum absolute atomic E-state index is 0.229. The highest BCUT2D eigenvalue weighted by molar-refractivity contribution is 6.67. The number of rotatable bonds is 4. The molecule has 15 heteroatoms. The number of halogens is 7. The van der Waals surface area contributed by atoms with Crippen molar-refractivity contribution >= 4 is 51.6 Å². The molecule has 8 nitrogen and oxygen atoms in total. The van der Waals surface area contributed by atoms with E-state index in [9.17, 15) is 27.2 Å². The Kier molecular flexibility index (Phi) is 9.68. The number of hydrogen-bond donors (Lipinski definition) is 2. The molecular weight excluding hydrogens is 587 g/mol. The number of amides is 1. The van der Waals surface area contributed by atoms with Gasteiger partial charge in [-0.2, -0.15) is 10.2 Å². The minimum Gasteiger partial charge on any atom is -0.398 e. The summed E-state index contributed by atoms with van der Waals surface area (Å²) in [6, 6.07) is 6.11. The van der Waals surface area contributed by atoms with E-state index in [1.54, 1.807) is 0 Å². The molecule has 0 spiro atoms. The van der Waals surface area contributed by atoms with Crippen molar-refractivity contribution in [3.8, 4) is 0 Å². The number of carbonyl (C=O) groups excluding carboxylic acids is 2. The third-order valence-electron chi connectivity index (χ3n) is 6.22. The molecule has 210 valence electrons. The summed E-state index contributed by atoms with van der Waals surface area (Å²) in [5, 5.41) is 5.87. The Hall–Kier alpha value is -3.09. The average molecular weight is 610 g/mol. The highest BCUT2D eigenvalue weighted by atomic mass is 35.5. The SMILES string of the molecule is Cn1cc(C(=O)Cl)c(C(F)F)n1.Cn1cc(C(N)=O)c(C(F)F)n1.Nc1cccc2c1C1CCC2C1=C(Cl)Cl. The van der Waals surface area contributed by atoms with E-state index >= 15 is 0 Å². The van der Waals surface area contributed by atoms with Crippen molar-refractivity contribution < 1.29 is 27.2 Å². The summed E-state index contributed by atoms with van der Waals surface area (Å²) in [5.41, 5.74) is 13.9. The maximum Gasteiger partial charge on any atom is 0.282 e. The number of aryl methyl sites for hydroxylation is 2. The topological polar surface area (TPSA) is 122 Å². The molecule has 3 aromatic rings. The van der Waals surface area contributed by atoms with Gasteiger partial charge in [-0.05, 0) is 47.2 Å². The first-order valence-electron chi connectivity index (χ1n) is 11.3. The van der Waals surface area contributed by atoms with Gasteiger partial charge >= 0.3 is 0 Å². The number of nitrogens with zero attached hydrogens (tertiary/aromatic N) is 4. The Morgan fingerprint density at radius 3 is 1.85 bits per heavy atom. The van der Waals surface area contributed by atoms with E-state index in [2.05, 4.69) is 16.3 Å². The van der Waals surface area contributed by atoms with E-state index in [-0.39, 0.29) is 11.1 Å². The molecule has 4 N–H and O–H groups in total. The summed E-state index contributed by atoms with van der Waals surface area (Å²) in [7, 11) is 2.88. The van der Waals surface area contributed by atoms with E-state index in [1.807, 2.05) is 12.1 Å². The van der Waals surface area contributed by atoms with Crippen molar-refractivity contribution in [2.45, 2.75) is 37.5 Å². The minimum atomic E-state index is -2.77. The lowest BCUT2D eigenvalue weighted by Crippen LogP contribution is -2.12. The third-order valence-corrected chi connectivity index (χ3v) is 6.86. The standard InChI is InChI=1S/C12H11Cl2N.C6H5ClF2N2O.C6H7F2N3O/c13-12(14)11-7-4-5-8(11)10-6(7)2-1-3-9(10)15;1-11-2-3(5(7)12)4(10-11)6(8)9;1-11-2-3(6(9)12)4(10-11)5(7)8/h1-3,7-8H,4-5,15H2;2,6H,1H3;2,5H,1H3,(H2,9,12).